The summed E-state index contributed by atoms with van der Waals surface area (Å²) in [6.07, 6.45) is 0. The molecule has 0 atom stereocenters. The summed E-state index contributed by atoms with van der Waals surface area (Å²) in [6, 6.07) is 4.83. The third kappa shape index (κ3) is 2.91. The number of hydrogen-bond acceptors (Lipinski definition) is 5. The fourth-order valence-electron chi connectivity index (χ4n) is 2.02. The molecule has 0 unspecified atom stereocenters. The maximum Gasteiger partial charge on any atom is 0.337 e. The van der Waals surface area contributed by atoms with Gasteiger partial charge in [0.15, 0.2) is 11.5 Å². The van der Waals surface area contributed by atoms with E-state index in [1.165, 1.54) is 20.3 Å². The standard InChI is InChI=1S/C14H17N3O4/c1-8-5-13(17(2)16-8)15-10-7-12(21-4)11(20-3)6-9(10)14(18)19/h5-7,15H,1-4H3,(H,18,19). The molecule has 2 N–H and O–H groups in total. The molecule has 2 rings (SSSR count). The number of carboxylic acids is 1. The first kappa shape index (κ1) is 14.7. The van der Waals surface area contributed by atoms with Crippen molar-refractivity contribution in [2.24, 2.45) is 7.05 Å². The highest BCUT2D eigenvalue weighted by Crippen LogP contribution is 2.34. The normalized spacial score (nSPS) is 10.3. The van der Waals surface area contributed by atoms with Crippen LogP contribution in [-0.2, 0) is 7.05 Å². The Morgan fingerprint density at radius 2 is 1.86 bits per heavy atom. The highest BCUT2D eigenvalue weighted by Gasteiger charge is 2.17. The summed E-state index contributed by atoms with van der Waals surface area (Å²) in [6.45, 7) is 1.86. The van der Waals surface area contributed by atoms with E-state index >= 15 is 0 Å². The molecule has 0 bridgehead atoms. The molecular formula is C14H17N3O4. The second kappa shape index (κ2) is 5.74. The van der Waals surface area contributed by atoms with Crippen LogP contribution < -0.4 is 14.8 Å². The molecule has 21 heavy (non-hydrogen) atoms. The van der Waals surface area contributed by atoms with Crippen LogP contribution >= 0.6 is 0 Å². The number of aromatic nitrogens is 2. The fourth-order valence-corrected chi connectivity index (χ4v) is 2.02. The summed E-state index contributed by atoms with van der Waals surface area (Å²) in [5.74, 6) is 0.435. The van der Waals surface area contributed by atoms with E-state index in [1.807, 2.05) is 13.0 Å². The predicted molar refractivity (Wildman–Crippen MR) is 77.7 cm³/mol. The van der Waals surface area contributed by atoms with Crippen LogP contribution in [0.25, 0.3) is 0 Å². The van der Waals surface area contributed by atoms with Crippen molar-refractivity contribution in [3.8, 4) is 11.5 Å². The zero-order chi connectivity index (χ0) is 15.6. The molecular weight excluding hydrogens is 274 g/mol. The molecule has 1 heterocycles. The van der Waals surface area contributed by atoms with E-state index in [4.69, 9.17) is 9.47 Å². The molecule has 0 amide bonds. The molecule has 0 saturated heterocycles. The van der Waals surface area contributed by atoms with Crippen molar-refractivity contribution in [3.05, 3.63) is 29.5 Å². The zero-order valence-electron chi connectivity index (χ0n) is 12.3. The molecule has 7 heteroatoms. The van der Waals surface area contributed by atoms with E-state index < -0.39 is 5.97 Å². The Bertz CT molecular complexity index is 679. The molecule has 0 spiro atoms. The molecule has 2 aromatic rings. The summed E-state index contributed by atoms with van der Waals surface area (Å²) in [5, 5.41) is 16.6. The van der Waals surface area contributed by atoms with Crippen LogP contribution in [0.1, 0.15) is 16.1 Å². The third-order valence-corrected chi connectivity index (χ3v) is 3.02. The average Bonchev–Trinajstić information content (AvgIpc) is 2.76. The minimum Gasteiger partial charge on any atom is -0.493 e. The number of ether oxygens (including phenoxy) is 2. The molecule has 0 aliphatic rings. The van der Waals surface area contributed by atoms with Crippen LogP contribution in [0.15, 0.2) is 18.2 Å². The molecule has 1 aromatic carbocycles. The molecule has 0 radical (unpaired) electrons. The van der Waals surface area contributed by atoms with Gasteiger partial charge in [0.25, 0.3) is 0 Å². The summed E-state index contributed by atoms with van der Waals surface area (Å²) in [4.78, 5) is 11.4. The number of rotatable bonds is 5. The summed E-state index contributed by atoms with van der Waals surface area (Å²) in [5.41, 5.74) is 1.33. The lowest BCUT2D eigenvalue weighted by Gasteiger charge is -2.14. The Labute approximate surface area is 122 Å². The lowest BCUT2D eigenvalue weighted by atomic mass is 10.1. The van der Waals surface area contributed by atoms with Crippen LogP contribution in [-0.4, -0.2) is 35.1 Å². The Kier molecular flexibility index (Phi) is 4.02. The Balaban J connectivity index is 2.50. The van der Waals surface area contributed by atoms with E-state index in [-0.39, 0.29) is 5.56 Å². The van der Waals surface area contributed by atoms with Gasteiger partial charge in [0.05, 0.1) is 31.2 Å². The molecule has 0 aliphatic heterocycles. The van der Waals surface area contributed by atoms with Gasteiger partial charge in [0.2, 0.25) is 0 Å². The van der Waals surface area contributed by atoms with Crippen molar-refractivity contribution in [1.82, 2.24) is 9.78 Å². The minimum atomic E-state index is -1.06. The summed E-state index contributed by atoms with van der Waals surface area (Å²) >= 11 is 0. The largest absolute Gasteiger partial charge is 0.493 e. The Hall–Kier alpha value is -2.70. The fraction of sp³-hybridized carbons (Fsp3) is 0.286. The maximum atomic E-state index is 11.4. The average molecular weight is 291 g/mol. The van der Waals surface area contributed by atoms with E-state index in [9.17, 15) is 9.90 Å². The summed E-state index contributed by atoms with van der Waals surface area (Å²) < 4.78 is 12.0. The molecule has 0 fully saturated rings. The van der Waals surface area contributed by atoms with Gasteiger partial charge in [-0.2, -0.15) is 5.10 Å². The number of nitrogens with one attached hydrogen (secondary N) is 1. The first-order valence-corrected chi connectivity index (χ1v) is 6.23. The molecule has 0 saturated carbocycles. The van der Waals surface area contributed by atoms with E-state index in [0.29, 0.717) is 23.0 Å². The number of anilines is 2. The van der Waals surface area contributed by atoms with Crippen molar-refractivity contribution in [3.63, 3.8) is 0 Å². The second-order valence-electron chi connectivity index (χ2n) is 4.48. The lowest BCUT2D eigenvalue weighted by molar-refractivity contribution is 0.0697. The quantitative estimate of drug-likeness (QED) is 0.878. The highest BCUT2D eigenvalue weighted by molar-refractivity contribution is 5.96. The third-order valence-electron chi connectivity index (χ3n) is 3.02. The zero-order valence-corrected chi connectivity index (χ0v) is 12.3. The van der Waals surface area contributed by atoms with Gasteiger partial charge in [-0.3, -0.25) is 4.68 Å². The lowest BCUT2D eigenvalue weighted by Crippen LogP contribution is -2.06. The summed E-state index contributed by atoms with van der Waals surface area (Å²) in [7, 11) is 4.73. The monoisotopic (exact) mass is 291 g/mol. The van der Waals surface area contributed by atoms with Crippen LogP contribution in [0, 0.1) is 6.92 Å². The first-order chi connectivity index (χ1) is 9.96. The number of carboxylic acid groups (broad SMARTS) is 1. The maximum absolute atomic E-state index is 11.4. The topological polar surface area (TPSA) is 85.6 Å². The molecule has 112 valence electrons. The number of benzene rings is 1. The number of aromatic carboxylic acids is 1. The predicted octanol–water partition coefficient (Wildman–Crippen LogP) is 2.19. The number of hydrogen-bond donors (Lipinski definition) is 2. The Morgan fingerprint density at radius 3 is 2.33 bits per heavy atom. The molecule has 1 aromatic heterocycles. The minimum absolute atomic E-state index is 0.0894. The van der Waals surface area contributed by atoms with Gasteiger partial charge in [-0.15, -0.1) is 0 Å². The van der Waals surface area contributed by atoms with Crippen molar-refractivity contribution < 1.29 is 19.4 Å². The van der Waals surface area contributed by atoms with Crippen LogP contribution in [0.4, 0.5) is 11.5 Å². The number of aryl methyl sites for hydroxylation is 2. The number of carbonyl (C=O) groups is 1. The van der Waals surface area contributed by atoms with Gasteiger partial charge in [0, 0.05) is 25.2 Å². The van der Waals surface area contributed by atoms with E-state index in [2.05, 4.69) is 10.4 Å². The molecule has 7 nitrogen and oxygen atoms in total. The molecule has 0 aliphatic carbocycles. The smallest absolute Gasteiger partial charge is 0.337 e. The van der Waals surface area contributed by atoms with Crippen molar-refractivity contribution in [1.29, 1.82) is 0 Å². The first-order valence-electron chi connectivity index (χ1n) is 6.23. The van der Waals surface area contributed by atoms with Gasteiger partial charge in [-0.1, -0.05) is 0 Å². The van der Waals surface area contributed by atoms with Gasteiger partial charge in [-0.05, 0) is 6.92 Å². The van der Waals surface area contributed by atoms with Gasteiger partial charge < -0.3 is 19.9 Å². The van der Waals surface area contributed by atoms with E-state index in [0.717, 1.165) is 5.69 Å². The van der Waals surface area contributed by atoms with Gasteiger partial charge >= 0.3 is 5.97 Å². The van der Waals surface area contributed by atoms with Gasteiger partial charge in [-0.25, -0.2) is 4.79 Å². The van der Waals surface area contributed by atoms with Crippen LogP contribution in [0.3, 0.4) is 0 Å². The Morgan fingerprint density at radius 1 is 1.24 bits per heavy atom. The SMILES string of the molecule is COc1cc(Nc2cc(C)nn2C)c(C(=O)O)cc1OC. The van der Waals surface area contributed by atoms with E-state index in [1.54, 1.807) is 17.8 Å². The second-order valence-corrected chi connectivity index (χ2v) is 4.48. The van der Waals surface area contributed by atoms with Crippen LogP contribution in [0.5, 0.6) is 11.5 Å². The van der Waals surface area contributed by atoms with Crippen molar-refractivity contribution >= 4 is 17.5 Å². The number of methoxy groups -OCH3 is 2. The van der Waals surface area contributed by atoms with Crippen molar-refractivity contribution in [2.45, 2.75) is 6.92 Å². The number of nitrogens with zero attached hydrogens (tertiary/aromatic N) is 2. The van der Waals surface area contributed by atoms with Crippen LogP contribution in [0.2, 0.25) is 0 Å². The van der Waals surface area contributed by atoms with Crippen molar-refractivity contribution in [2.75, 3.05) is 19.5 Å². The van der Waals surface area contributed by atoms with Gasteiger partial charge in [0.1, 0.15) is 5.82 Å². The highest BCUT2D eigenvalue weighted by atomic mass is 16.5.